The van der Waals surface area contributed by atoms with Gasteiger partial charge in [-0.15, -0.1) is 11.3 Å². The van der Waals surface area contributed by atoms with Crippen molar-refractivity contribution in [3.05, 3.63) is 23.2 Å². The minimum atomic E-state index is -0.0333. The lowest BCUT2D eigenvalue weighted by Crippen LogP contribution is -2.47. The number of likely N-dealkylation sites (tertiary alicyclic amines) is 1. The van der Waals surface area contributed by atoms with E-state index >= 15 is 0 Å². The number of nitriles is 1. The molecule has 0 aliphatic carbocycles. The van der Waals surface area contributed by atoms with Crippen molar-refractivity contribution in [2.45, 2.75) is 32.6 Å². The largest absolute Gasteiger partial charge is 0.418 e. The van der Waals surface area contributed by atoms with Crippen LogP contribution in [-0.4, -0.2) is 42.0 Å². The second kappa shape index (κ2) is 7.73. The SMILES string of the molecule is CC1CCN(C(=O)[C@@H]2CCCN(c3oc(-c4cccs4)nc3C#N)C2)CC1. The molecule has 0 saturated carbocycles. The van der Waals surface area contributed by atoms with E-state index in [-0.39, 0.29) is 11.8 Å². The van der Waals surface area contributed by atoms with Gasteiger partial charge in [0, 0.05) is 26.2 Å². The fourth-order valence-electron chi connectivity index (χ4n) is 3.96. The molecule has 2 aromatic heterocycles. The highest BCUT2D eigenvalue weighted by atomic mass is 32.1. The maximum absolute atomic E-state index is 13.0. The summed E-state index contributed by atoms with van der Waals surface area (Å²) in [6.07, 6.45) is 4.00. The Labute approximate surface area is 163 Å². The van der Waals surface area contributed by atoms with Crippen LogP contribution in [0.4, 0.5) is 5.88 Å². The van der Waals surface area contributed by atoms with Gasteiger partial charge in [-0.1, -0.05) is 13.0 Å². The number of hydrogen-bond acceptors (Lipinski definition) is 6. The number of aromatic nitrogens is 1. The molecular formula is C20H24N4O2S. The first-order valence-electron chi connectivity index (χ1n) is 9.64. The molecule has 0 radical (unpaired) electrons. The number of oxazole rings is 1. The average Bonchev–Trinajstić information content (AvgIpc) is 3.37. The molecule has 1 atom stereocenters. The summed E-state index contributed by atoms with van der Waals surface area (Å²) in [6.45, 7) is 5.37. The Balaban J connectivity index is 1.50. The minimum Gasteiger partial charge on any atom is -0.418 e. The molecule has 27 heavy (non-hydrogen) atoms. The van der Waals surface area contributed by atoms with Gasteiger partial charge >= 0.3 is 0 Å². The second-order valence-electron chi connectivity index (χ2n) is 7.55. The predicted molar refractivity (Wildman–Crippen MR) is 104 cm³/mol. The van der Waals surface area contributed by atoms with E-state index in [1.165, 1.54) is 11.3 Å². The zero-order valence-electron chi connectivity index (χ0n) is 15.6. The molecule has 7 heteroatoms. The van der Waals surface area contributed by atoms with Crippen LogP contribution >= 0.6 is 11.3 Å². The van der Waals surface area contributed by atoms with E-state index in [1.54, 1.807) is 0 Å². The number of amides is 1. The van der Waals surface area contributed by atoms with Crippen molar-refractivity contribution in [3.63, 3.8) is 0 Å². The first kappa shape index (κ1) is 18.1. The predicted octanol–water partition coefficient (Wildman–Crippen LogP) is 3.75. The maximum atomic E-state index is 13.0. The van der Waals surface area contributed by atoms with Crippen molar-refractivity contribution in [2.75, 3.05) is 31.1 Å². The summed E-state index contributed by atoms with van der Waals surface area (Å²) in [5.41, 5.74) is 0.304. The van der Waals surface area contributed by atoms with Gasteiger partial charge in [-0.3, -0.25) is 4.79 Å². The van der Waals surface area contributed by atoms with E-state index < -0.39 is 0 Å². The second-order valence-corrected chi connectivity index (χ2v) is 8.50. The summed E-state index contributed by atoms with van der Waals surface area (Å²) in [7, 11) is 0. The lowest BCUT2D eigenvalue weighted by atomic mass is 9.93. The molecule has 2 fully saturated rings. The third-order valence-corrected chi connectivity index (χ3v) is 6.46. The van der Waals surface area contributed by atoms with Crippen LogP contribution in [0, 0.1) is 23.2 Å². The van der Waals surface area contributed by atoms with E-state index in [4.69, 9.17) is 4.42 Å². The molecule has 0 bridgehead atoms. The Bertz CT molecular complexity index is 831. The molecule has 2 saturated heterocycles. The molecule has 2 aliphatic rings. The van der Waals surface area contributed by atoms with Crippen LogP contribution < -0.4 is 4.90 Å². The van der Waals surface area contributed by atoms with Gasteiger partial charge in [0.05, 0.1) is 10.8 Å². The molecule has 0 spiro atoms. The highest BCUT2D eigenvalue weighted by Crippen LogP contribution is 2.33. The third kappa shape index (κ3) is 3.72. The van der Waals surface area contributed by atoms with Crippen molar-refractivity contribution >= 4 is 23.1 Å². The monoisotopic (exact) mass is 384 g/mol. The Hall–Kier alpha value is -2.33. The Morgan fingerprint density at radius 3 is 2.85 bits per heavy atom. The molecule has 4 heterocycles. The van der Waals surface area contributed by atoms with Crippen LogP contribution in [0.2, 0.25) is 0 Å². The van der Waals surface area contributed by atoms with E-state index in [2.05, 4.69) is 18.0 Å². The number of anilines is 1. The normalized spacial score (nSPS) is 21.3. The zero-order chi connectivity index (χ0) is 18.8. The zero-order valence-corrected chi connectivity index (χ0v) is 16.4. The number of carbonyl (C=O) groups is 1. The number of nitrogens with zero attached hydrogens (tertiary/aromatic N) is 4. The lowest BCUT2D eigenvalue weighted by Gasteiger charge is -2.37. The van der Waals surface area contributed by atoms with Gasteiger partial charge in [0.15, 0.2) is 0 Å². The van der Waals surface area contributed by atoms with Gasteiger partial charge in [-0.25, -0.2) is 0 Å². The van der Waals surface area contributed by atoms with Crippen molar-refractivity contribution in [1.82, 2.24) is 9.88 Å². The van der Waals surface area contributed by atoms with Gasteiger partial charge in [0.25, 0.3) is 0 Å². The summed E-state index contributed by atoms with van der Waals surface area (Å²) in [4.78, 5) is 22.3. The van der Waals surface area contributed by atoms with Crippen LogP contribution in [0.1, 0.15) is 38.3 Å². The number of carbonyl (C=O) groups excluding carboxylic acids is 1. The molecule has 2 aliphatic heterocycles. The Kier molecular flexibility index (Phi) is 5.17. The van der Waals surface area contributed by atoms with Crippen molar-refractivity contribution in [2.24, 2.45) is 11.8 Å². The van der Waals surface area contributed by atoms with Crippen molar-refractivity contribution in [1.29, 1.82) is 5.26 Å². The van der Waals surface area contributed by atoms with Gasteiger partial charge in [-0.2, -0.15) is 10.2 Å². The highest BCUT2D eigenvalue weighted by Gasteiger charge is 2.33. The van der Waals surface area contributed by atoms with Gasteiger partial charge < -0.3 is 14.2 Å². The first-order valence-corrected chi connectivity index (χ1v) is 10.5. The molecule has 0 unspecified atom stereocenters. The van der Waals surface area contributed by atoms with Crippen molar-refractivity contribution in [3.8, 4) is 16.8 Å². The first-order chi connectivity index (χ1) is 13.2. The minimum absolute atomic E-state index is 0.0333. The molecule has 6 nitrogen and oxygen atoms in total. The molecule has 1 amide bonds. The highest BCUT2D eigenvalue weighted by molar-refractivity contribution is 7.13. The summed E-state index contributed by atoms with van der Waals surface area (Å²) < 4.78 is 5.95. The molecule has 2 aromatic rings. The van der Waals surface area contributed by atoms with E-state index in [9.17, 15) is 10.1 Å². The fraction of sp³-hybridized carbons (Fsp3) is 0.550. The summed E-state index contributed by atoms with van der Waals surface area (Å²) >= 11 is 1.53. The van der Waals surface area contributed by atoms with E-state index in [1.807, 2.05) is 27.3 Å². The fourth-order valence-corrected chi connectivity index (χ4v) is 4.60. The van der Waals surface area contributed by atoms with E-state index in [0.717, 1.165) is 50.2 Å². The van der Waals surface area contributed by atoms with Gasteiger partial charge in [0.2, 0.25) is 23.4 Å². The van der Waals surface area contributed by atoms with Crippen LogP contribution in [-0.2, 0) is 4.79 Å². The molecule has 4 rings (SSSR count). The maximum Gasteiger partial charge on any atom is 0.240 e. The molecule has 142 valence electrons. The molecular weight excluding hydrogens is 360 g/mol. The quantitative estimate of drug-likeness (QED) is 0.806. The smallest absolute Gasteiger partial charge is 0.240 e. The molecule has 0 aromatic carbocycles. The van der Waals surface area contributed by atoms with Gasteiger partial charge in [0.1, 0.15) is 6.07 Å². The number of hydrogen-bond donors (Lipinski definition) is 0. The summed E-state index contributed by atoms with van der Waals surface area (Å²) in [6, 6.07) is 6.02. The van der Waals surface area contributed by atoms with Crippen LogP contribution in [0.25, 0.3) is 10.8 Å². The van der Waals surface area contributed by atoms with Crippen LogP contribution in [0.3, 0.4) is 0 Å². The topological polar surface area (TPSA) is 73.4 Å². The van der Waals surface area contributed by atoms with Crippen LogP contribution in [0.5, 0.6) is 0 Å². The summed E-state index contributed by atoms with van der Waals surface area (Å²) in [5.74, 6) is 1.91. The van der Waals surface area contributed by atoms with Crippen molar-refractivity contribution < 1.29 is 9.21 Å². The van der Waals surface area contributed by atoms with Gasteiger partial charge in [-0.05, 0) is 43.0 Å². The van der Waals surface area contributed by atoms with Crippen LogP contribution in [0.15, 0.2) is 21.9 Å². The number of rotatable bonds is 3. The third-order valence-electron chi connectivity index (χ3n) is 5.60. The standard InChI is InChI=1S/C20H24N4O2S/c1-14-6-9-23(10-7-14)19(25)15-4-2-8-24(13-15)20-16(12-21)22-18(26-20)17-5-3-11-27-17/h3,5,11,14-15H,2,4,6-10,13H2,1H3/t15-/m1/s1. The molecule has 0 N–H and O–H groups in total. The van der Waals surface area contributed by atoms with E-state index in [0.29, 0.717) is 29.9 Å². The Morgan fingerprint density at radius 2 is 2.15 bits per heavy atom. The Morgan fingerprint density at radius 1 is 1.33 bits per heavy atom. The number of piperidine rings is 2. The number of thiophene rings is 1. The lowest BCUT2D eigenvalue weighted by molar-refractivity contribution is -0.137. The summed E-state index contributed by atoms with van der Waals surface area (Å²) in [5, 5.41) is 11.5. The average molecular weight is 385 g/mol.